The topological polar surface area (TPSA) is 45.6 Å². The van der Waals surface area contributed by atoms with Gasteiger partial charge in [-0.1, -0.05) is 25.2 Å². The lowest BCUT2D eigenvalue weighted by molar-refractivity contribution is 0.193. The molecule has 1 aliphatic heterocycles. The van der Waals surface area contributed by atoms with E-state index in [0.717, 1.165) is 35.3 Å². The largest absolute Gasteiger partial charge is 0.391 e. The zero-order valence-electron chi connectivity index (χ0n) is 10.6. The Balaban J connectivity index is 2.20. The van der Waals surface area contributed by atoms with E-state index < -0.39 is 0 Å². The Morgan fingerprint density at radius 3 is 2.82 bits per heavy atom. The lowest BCUT2D eigenvalue weighted by Crippen LogP contribution is -2.31. The molecule has 0 saturated carbocycles. The van der Waals surface area contributed by atoms with E-state index in [1.165, 1.54) is 0 Å². The van der Waals surface area contributed by atoms with E-state index in [0.29, 0.717) is 12.0 Å². The van der Waals surface area contributed by atoms with Gasteiger partial charge in [-0.05, 0) is 12.3 Å². The number of hydrogen-bond acceptors (Lipinski definition) is 5. The molecule has 17 heavy (non-hydrogen) atoms. The molecule has 0 aromatic carbocycles. The molecular formula is C12H20N2O2S. The number of hydrogen-bond donors (Lipinski definition) is 1. The van der Waals surface area contributed by atoms with Crippen molar-refractivity contribution in [3.63, 3.8) is 0 Å². The zero-order chi connectivity index (χ0) is 12.4. The number of nitrogens with zero attached hydrogens (tertiary/aromatic N) is 2. The highest BCUT2D eigenvalue weighted by atomic mass is 32.1. The van der Waals surface area contributed by atoms with E-state index in [-0.39, 0.29) is 6.61 Å². The van der Waals surface area contributed by atoms with Crippen molar-refractivity contribution < 1.29 is 9.84 Å². The maximum absolute atomic E-state index is 9.35. The molecule has 5 heteroatoms. The highest BCUT2D eigenvalue weighted by Gasteiger charge is 2.24. The molecule has 0 radical (unpaired) electrons. The summed E-state index contributed by atoms with van der Waals surface area (Å²) in [4.78, 5) is 7.82. The Morgan fingerprint density at radius 1 is 1.59 bits per heavy atom. The Bertz CT molecular complexity index is 373. The molecule has 1 aromatic rings. The summed E-state index contributed by atoms with van der Waals surface area (Å²) in [6.07, 6.45) is 1.06. The maximum atomic E-state index is 9.35. The van der Waals surface area contributed by atoms with Gasteiger partial charge in [-0.3, -0.25) is 0 Å². The summed E-state index contributed by atoms with van der Waals surface area (Å²) in [5.74, 6) is 0.357. The van der Waals surface area contributed by atoms with Crippen molar-refractivity contribution in [2.75, 3.05) is 25.2 Å². The van der Waals surface area contributed by atoms with E-state index in [9.17, 15) is 5.11 Å². The number of aliphatic hydroxyl groups is 1. The van der Waals surface area contributed by atoms with Gasteiger partial charge in [-0.25, -0.2) is 4.98 Å². The first-order valence-corrected chi connectivity index (χ1v) is 6.86. The molecule has 0 bridgehead atoms. The molecule has 1 unspecified atom stereocenters. The number of thiazole rings is 1. The van der Waals surface area contributed by atoms with Gasteiger partial charge in [0.25, 0.3) is 0 Å². The third-order valence-corrected chi connectivity index (χ3v) is 4.31. The van der Waals surface area contributed by atoms with Crippen LogP contribution in [0.2, 0.25) is 0 Å². The Kier molecular flexibility index (Phi) is 4.01. The molecule has 0 aliphatic carbocycles. The molecule has 1 saturated heterocycles. The number of anilines is 1. The predicted molar refractivity (Wildman–Crippen MR) is 69.8 cm³/mol. The fourth-order valence-corrected chi connectivity index (χ4v) is 3.16. The van der Waals surface area contributed by atoms with Gasteiger partial charge in [-0.15, -0.1) is 0 Å². The van der Waals surface area contributed by atoms with Crippen LogP contribution in [0.25, 0.3) is 0 Å². The van der Waals surface area contributed by atoms with Gasteiger partial charge in [0.15, 0.2) is 5.13 Å². The van der Waals surface area contributed by atoms with Crippen molar-refractivity contribution >= 4 is 16.5 Å². The number of likely N-dealkylation sites (N-methyl/N-ethyl adjacent to an activating group) is 1. The second-order valence-electron chi connectivity index (χ2n) is 4.75. The molecule has 2 heterocycles. The fourth-order valence-electron chi connectivity index (χ4n) is 2.05. The van der Waals surface area contributed by atoms with Crippen molar-refractivity contribution in [1.29, 1.82) is 0 Å². The van der Waals surface area contributed by atoms with Crippen LogP contribution in [-0.2, 0) is 11.3 Å². The summed E-state index contributed by atoms with van der Waals surface area (Å²) in [7, 11) is 2.06. The van der Waals surface area contributed by atoms with Crippen LogP contribution in [0.4, 0.5) is 5.13 Å². The predicted octanol–water partition coefficient (Wildman–Crippen LogP) is 1.98. The average Bonchev–Trinajstić information content (AvgIpc) is 2.97. The first kappa shape index (κ1) is 12.8. The number of ether oxygens (including phenoxy) is 1. The van der Waals surface area contributed by atoms with Gasteiger partial charge in [0.2, 0.25) is 0 Å². The molecule has 1 N–H and O–H groups in total. The molecule has 0 spiro atoms. The van der Waals surface area contributed by atoms with Gasteiger partial charge < -0.3 is 14.7 Å². The van der Waals surface area contributed by atoms with Crippen molar-refractivity contribution in [2.24, 2.45) is 0 Å². The van der Waals surface area contributed by atoms with Gasteiger partial charge in [-0.2, -0.15) is 0 Å². The summed E-state index contributed by atoms with van der Waals surface area (Å²) in [6, 6.07) is 0.424. The minimum atomic E-state index is 0.0835. The Hall–Kier alpha value is -0.650. The molecule has 1 aromatic heterocycles. The van der Waals surface area contributed by atoms with Crippen LogP contribution in [0.1, 0.15) is 36.8 Å². The second kappa shape index (κ2) is 5.33. The summed E-state index contributed by atoms with van der Waals surface area (Å²) in [5.41, 5.74) is 1.03. The number of aromatic nitrogens is 1. The lowest BCUT2D eigenvalue weighted by atomic mass is 10.1. The van der Waals surface area contributed by atoms with Crippen LogP contribution in [0.15, 0.2) is 0 Å². The van der Waals surface area contributed by atoms with Crippen molar-refractivity contribution in [2.45, 2.75) is 38.8 Å². The molecular weight excluding hydrogens is 236 g/mol. The fraction of sp³-hybridized carbons (Fsp3) is 0.750. The van der Waals surface area contributed by atoms with Crippen LogP contribution in [-0.4, -0.2) is 36.4 Å². The molecule has 4 nitrogen and oxygen atoms in total. The van der Waals surface area contributed by atoms with Crippen molar-refractivity contribution in [3.8, 4) is 0 Å². The summed E-state index contributed by atoms with van der Waals surface area (Å²) < 4.78 is 5.40. The third-order valence-electron chi connectivity index (χ3n) is 3.16. The van der Waals surface area contributed by atoms with Crippen molar-refractivity contribution in [3.05, 3.63) is 10.6 Å². The third kappa shape index (κ3) is 2.61. The van der Waals surface area contributed by atoms with E-state index >= 15 is 0 Å². The van der Waals surface area contributed by atoms with Crippen LogP contribution < -0.4 is 4.90 Å². The number of aliphatic hydroxyl groups excluding tert-OH is 1. The number of rotatable bonds is 4. The van der Waals surface area contributed by atoms with Gasteiger partial charge in [0, 0.05) is 13.7 Å². The highest BCUT2D eigenvalue weighted by molar-refractivity contribution is 7.15. The quantitative estimate of drug-likeness (QED) is 0.895. The second-order valence-corrected chi connectivity index (χ2v) is 5.81. The molecule has 1 fully saturated rings. The smallest absolute Gasteiger partial charge is 0.185 e. The van der Waals surface area contributed by atoms with Crippen LogP contribution >= 0.6 is 11.3 Å². The maximum Gasteiger partial charge on any atom is 0.185 e. The van der Waals surface area contributed by atoms with Gasteiger partial charge in [0.05, 0.1) is 29.8 Å². The van der Waals surface area contributed by atoms with Crippen LogP contribution in [0, 0.1) is 0 Å². The first-order valence-electron chi connectivity index (χ1n) is 6.04. The summed E-state index contributed by atoms with van der Waals surface area (Å²) in [5, 5.41) is 10.3. The van der Waals surface area contributed by atoms with E-state index in [1.54, 1.807) is 11.3 Å². The molecule has 2 rings (SSSR count). The zero-order valence-corrected chi connectivity index (χ0v) is 11.5. The molecule has 96 valence electrons. The summed E-state index contributed by atoms with van der Waals surface area (Å²) in [6.45, 7) is 5.92. The Morgan fingerprint density at radius 2 is 2.35 bits per heavy atom. The normalized spacial score (nSPS) is 20.2. The van der Waals surface area contributed by atoms with Gasteiger partial charge >= 0.3 is 0 Å². The van der Waals surface area contributed by atoms with Crippen LogP contribution in [0.5, 0.6) is 0 Å². The molecule has 1 aliphatic rings. The SMILES string of the molecule is CC(C)c1nc(N(C)C2CCOC2)sc1CO. The minimum Gasteiger partial charge on any atom is -0.391 e. The van der Waals surface area contributed by atoms with Crippen LogP contribution in [0.3, 0.4) is 0 Å². The standard InChI is InChI=1S/C12H20N2O2S/c1-8(2)11-10(6-15)17-12(13-11)14(3)9-4-5-16-7-9/h8-9,15H,4-7H2,1-3H3. The highest BCUT2D eigenvalue weighted by Crippen LogP contribution is 2.32. The monoisotopic (exact) mass is 256 g/mol. The van der Waals surface area contributed by atoms with E-state index in [2.05, 4.69) is 30.8 Å². The van der Waals surface area contributed by atoms with E-state index in [4.69, 9.17) is 4.74 Å². The Labute approximate surface area is 106 Å². The lowest BCUT2D eigenvalue weighted by Gasteiger charge is -2.22. The summed E-state index contributed by atoms with van der Waals surface area (Å²) >= 11 is 1.59. The molecule has 1 atom stereocenters. The first-order chi connectivity index (χ1) is 8.13. The van der Waals surface area contributed by atoms with E-state index in [1.807, 2.05) is 0 Å². The van der Waals surface area contributed by atoms with Crippen molar-refractivity contribution in [1.82, 2.24) is 4.98 Å². The minimum absolute atomic E-state index is 0.0835. The molecule has 0 amide bonds. The average molecular weight is 256 g/mol. The van der Waals surface area contributed by atoms with Gasteiger partial charge in [0.1, 0.15) is 0 Å².